The second-order valence-corrected chi connectivity index (χ2v) is 5.46. The van der Waals surface area contributed by atoms with Crippen LogP contribution < -0.4 is 68.9 Å². The summed E-state index contributed by atoms with van der Waals surface area (Å²) in [5.74, 6) is 0. The standard InChI is InChI=1S/C12H26O4S.Cs/c1-2-3-4-5-6-7-8-9-10-11-12-16-17(13,14)15;/h2-12H2,1H3,(H,13,14,15);/q;+1/p-1. The van der Waals surface area contributed by atoms with Crippen LogP contribution in [0, 0.1) is 0 Å². The second-order valence-electron chi connectivity index (χ2n) is 4.41. The van der Waals surface area contributed by atoms with Gasteiger partial charge in [-0.15, -0.1) is 0 Å². The molecule has 104 valence electrons. The minimum atomic E-state index is -4.48. The number of hydrogen-bond acceptors (Lipinski definition) is 4. The summed E-state index contributed by atoms with van der Waals surface area (Å²) in [6.45, 7) is 2.24. The van der Waals surface area contributed by atoms with Crippen molar-refractivity contribution < 1.29 is 86.0 Å². The first-order valence-electron chi connectivity index (χ1n) is 6.66. The molecule has 0 atom stereocenters. The van der Waals surface area contributed by atoms with E-state index in [1.54, 1.807) is 0 Å². The van der Waals surface area contributed by atoms with Crippen LogP contribution in [-0.4, -0.2) is 19.6 Å². The van der Waals surface area contributed by atoms with E-state index in [4.69, 9.17) is 0 Å². The molecule has 0 bridgehead atoms. The zero-order chi connectivity index (χ0) is 13.0. The van der Waals surface area contributed by atoms with Crippen LogP contribution in [0.2, 0.25) is 0 Å². The Labute approximate surface area is 171 Å². The first kappa shape index (κ1) is 22.2. The van der Waals surface area contributed by atoms with Crippen LogP contribution in [0.5, 0.6) is 0 Å². The van der Waals surface area contributed by atoms with Gasteiger partial charge in [0.25, 0.3) is 0 Å². The molecule has 0 heterocycles. The van der Waals surface area contributed by atoms with E-state index in [0.717, 1.165) is 12.8 Å². The quantitative estimate of drug-likeness (QED) is 0.271. The van der Waals surface area contributed by atoms with Gasteiger partial charge < -0.3 is 4.55 Å². The molecule has 0 aromatic heterocycles. The molecule has 0 N–H and O–H groups in total. The van der Waals surface area contributed by atoms with E-state index in [0.29, 0.717) is 6.42 Å². The molecule has 0 rings (SSSR count). The molecule has 0 aliphatic carbocycles. The molecule has 0 radical (unpaired) electrons. The van der Waals surface area contributed by atoms with Crippen LogP contribution in [0.15, 0.2) is 0 Å². The average Bonchev–Trinajstić information content (AvgIpc) is 2.24. The molecule has 0 aliphatic rings. The van der Waals surface area contributed by atoms with E-state index < -0.39 is 10.4 Å². The fraction of sp³-hybridized carbons (Fsp3) is 1.00. The largest absolute Gasteiger partial charge is 1.00 e. The molecule has 6 heteroatoms. The van der Waals surface area contributed by atoms with Gasteiger partial charge in [-0.25, -0.2) is 8.42 Å². The van der Waals surface area contributed by atoms with Gasteiger partial charge in [-0.1, -0.05) is 64.7 Å². The first-order valence-corrected chi connectivity index (χ1v) is 8.00. The van der Waals surface area contributed by atoms with Crippen LogP contribution >= 0.6 is 0 Å². The normalized spacial score (nSPS) is 11.2. The van der Waals surface area contributed by atoms with Gasteiger partial charge in [-0.2, -0.15) is 0 Å². The minimum Gasteiger partial charge on any atom is -0.726 e. The number of unbranched alkanes of at least 4 members (excludes halogenated alkanes) is 9. The summed E-state index contributed by atoms with van der Waals surface area (Å²) in [6.07, 6.45) is 11.7. The van der Waals surface area contributed by atoms with Crippen molar-refractivity contribution in [1.29, 1.82) is 0 Å². The van der Waals surface area contributed by atoms with Crippen molar-refractivity contribution in [2.75, 3.05) is 6.61 Å². The molecular formula is C12H25CsO4S. The summed E-state index contributed by atoms with van der Waals surface area (Å²) in [5, 5.41) is 0. The molecule has 0 saturated carbocycles. The maximum Gasteiger partial charge on any atom is 1.00 e. The SMILES string of the molecule is CCCCCCCCCCCCOS(=O)(=O)[O-].[Cs+]. The van der Waals surface area contributed by atoms with Crippen LogP contribution in [0.1, 0.15) is 71.1 Å². The Morgan fingerprint density at radius 3 is 1.61 bits per heavy atom. The number of hydrogen-bond donors (Lipinski definition) is 0. The van der Waals surface area contributed by atoms with E-state index in [1.165, 1.54) is 44.9 Å². The summed E-state index contributed by atoms with van der Waals surface area (Å²) >= 11 is 0. The monoisotopic (exact) mass is 398 g/mol. The van der Waals surface area contributed by atoms with Crippen molar-refractivity contribution >= 4 is 10.4 Å². The molecule has 18 heavy (non-hydrogen) atoms. The summed E-state index contributed by atoms with van der Waals surface area (Å²) in [5.41, 5.74) is 0. The molecule has 0 aromatic rings. The predicted octanol–water partition coefficient (Wildman–Crippen LogP) is 0.388. The van der Waals surface area contributed by atoms with Crippen LogP contribution in [-0.2, 0) is 14.6 Å². The molecule has 0 amide bonds. The molecule has 4 nitrogen and oxygen atoms in total. The third kappa shape index (κ3) is 20.2. The summed E-state index contributed by atoms with van der Waals surface area (Å²) in [7, 11) is -4.48. The van der Waals surface area contributed by atoms with Crippen molar-refractivity contribution in [2.24, 2.45) is 0 Å². The van der Waals surface area contributed by atoms with Crippen molar-refractivity contribution in [3.05, 3.63) is 0 Å². The van der Waals surface area contributed by atoms with Crippen molar-refractivity contribution in [3.63, 3.8) is 0 Å². The van der Waals surface area contributed by atoms with Gasteiger partial charge >= 0.3 is 68.9 Å². The van der Waals surface area contributed by atoms with Gasteiger partial charge in [-0.05, 0) is 6.42 Å². The van der Waals surface area contributed by atoms with Gasteiger partial charge in [0.15, 0.2) is 0 Å². The van der Waals surface area contributed by atoms with Gasteiger partial charge in [0.05, 0.1) is 6.61 Å². The van der Waals surface area contributed by atoms with Gasteiger partial charge in [0, 0.05) is 0 Å². The van der Waals surface area contributed by atoms with Crippen LogP contribution in [0.25, 0.3) is 0 Å². The van der Waals surface area contributed by atoms with E-state index >= 15 is 0 Å². The summed E-state index contributed by atoms with van der Waals surface area (Å²) < 4.78 is 34.5. The Kier molecular flexibility index (Phi) is 18.9. The van der Waals surface area contributed by atoms with Crippen molar-refractivity contribution in [1.82, 2.24) is 0 Å². The zero-order valence-corrected chi connectivity index (χ0v) is 18.9. The molecule has 0 aromatic carbocycles. The maximum absolute atomic E-state index is 10.1. The predicted molar refractivity (Wildman–Crippen MR) is 67.5 cm³/mol. The molecule has 0 saturated heterocycles. The Balaban J connectivity index is 0. The zero-order valence-electron chi connectivity index (χ0n) is 11.8. The van der Waals surface area contributed by atoms with E-state index in [-0.39, 0.29) is 75.5 Å². The second kappa shape index (κ2) is 15.3. The van der Waals surface area contributed by atoms with E-state index in [9.17, 15) is 13.0 Å². The average molecular weight is 398 g/mol. The van der Waals surface area contributed by atoms with Gasteiger partial charge in [0.1, 0.15) is 0 Å². The summed E-state index contributed by atoms with van der Waals surface area (Å²) in [6, 6.07) is 0. The third-order valence-corrected chi connectivity index (χ3v) is 3.18. The van der Waals surface area contributed by atoms with Crippen LogP contribution in [0.3, 0.4) is 0 Å². The molecule has 0 fully saturated rings. The Bertz CT molecular complexity index is 255. The van der Waals surface area contributed by atoms with E-state index in [1.807, 2.05) is 0 Å². The summed E-state index contributed by atoms with van der Waals surface area (Å²) in [4.78, 5) is 0. The topological polar surface area (TPSA) is 66.4 Å². The minimum absolute atomic E-state index is 0. The smallest absolute Gasteiger partial charge is 0.726 e. The third-order valence-electron chi connectivity index (χ3n) is 2.73. The van der Waals surface area contributed by atoms with Crippen molar-refractivity contribution in [2.45, 2.75) is 71.1 Å². The first-order chi connectivity index (χ1) is 8.06. The number of rotatable bonds is 12. The molecule has 0 spiro atoms. The molecule has 0 aliphatic heterocycles. The fourth-order valence-corrected chi connectivity index (χ4v) is 2.07. The van der Waals surface area contributed by atoms with Gasteiger partial charge in [0.2, 0.25) is 10.4 Å². The molecular weight excluding hydrogens is 373 g/mol. The van der Waals surface area contributed by atoms with Crippen molar-refractivity contribution in [3.8, 4) is 0 Å². The fourth-order valence-electron chi connectivity index (χ4n) is 1.75. The maximum atomic E-state index is 10.1. The van der Waals surface area contributed by atoms with Gasteiger partial charge in [-0.3, -0.25) is 4.18 Å². The Morgan fingerprint density at radius 2 is 1.22 bits per heavy atom. The molecule has 0 unspecified atom stereocenters. The van der Waals surface area contributed by atoms with Crippen LogP contribution in [0.4, 0.5) is 0 Å². The Hall–Kier alpha value is 1.92. The Morgan fingerprint density at radius 1 is 0.833 bits per heavy atom. The van der Waals surface area contributed by atoms with E-state index in [2.05, 4.69) is 11.1 Å².